The second kappa shape index (κ2) is 7.17. The number of nitrogens with zero attached hydrogens (tertiary/aromatic N) is 2. The zero-order chi connectivity index (χ0) is 22.7. The van der Waals surface area contributed by atoms with Crippen molar-refractivity contribution >= 4 is 33.4 Å². The van der Waals surface area contributed by atoms with Crippen LogP contribution < -0.4 is 0 Å². The van der Waals surface area contributed by atoms with Gasteiger partial charge in [0.25, 0.3) is 0 Å². The monoisotopic (exact) mass is 452 g/mol. The summed E-state index contributed by atoms with van der Waals surface area (Å²) in [7, 11) is 3.89. The summed E-state index contributed by atoms with van der Waals surface area (Å²) in [4.78, 5) is -1.19. The Hall–Kier alpha value is -3.18. The second-order valence-electron chi connectivity index (χ2n) is 8.08. The van der Waals surface area contributed by atoms with E-state index in [-0.39, 0.29) is 0 Å². The van der Waals surface area contributed by atoms with Gasteiger partial charge in [0.05, 0.1) is 5.56 Å². The van der Waals surface area contributed by atoms with Gasteiger partial charge in [0.1, 0.15) is 4.87 Å². The first-order valence-electron chi connectivity index (χ1n) is 10.2. The smallest absolute Gasteiger partial charge is 0.350 e. The molecule has 6 heteroatoms. The Morgan fingerprint density at radius 2 is 1.03 bits per heavy atom. The van der Waals surface area contributed by atoms with Crippen molar-refractivity contribution in [3.8, 4) is 0 Å². The molecule has 2 aromatic heterocycles. The maximum Gasteiger partial charge on any atom is 0.416 e. The molecule has 0 unspecified atom stereocenters. The van der Waals surface area contributed by atoms with Crippen LogP contribution in [0.15, 0.2) is 85.2 Å². The zero-order valence-electron chi connectivity index (χ0n) is 17.5. The molecule has 0 aliphatic carbocycles. The molecule has 0 N–H and O–H groups in total. The Morgan fingerprint density at radius 1 is 0.625 bits per heavy atom. The Kier molecular flexibility index (Phi) is 4.64. The fraction of sp³-hybridized carbons (Fsp3) is 0.154. The van der Waals surface area contributed by atoms with Crippen LogP contribution in [0.25, 0.3) is 21.8 Å². The first-order chi connectivity index (χ1) is 15.2. The molecule has 0 aliphatic rings. The van der Waals surface area contributed by atoms with Crippen molar-refractivity contribution in [1.82, 2.24) is 9.13 Å². The lowest BCUT2D eigenvalue weighted by atomic mass is 9.83. The molecule has 2 nitrogen and oxygen atoms in total. The summed E-state index contributed by atoms with van der Waals surface area (Å²) in [5.41, 5.74) is 3.54. The number of alkyl halides is 4. The molecular weight excluding hydrogens is 433 g/mol. The topological polar surface area (TPSA) is 9.86 Å². The van der Waals surface area contributed by atoms with E-state index >= 15 is 0 Å². The molecule has 2 heterocycles. The predicted octanol–water partition coefficient (Wildman–Crippen LogP) is 7.22. The van der Waals surface area contributed by atoms with Gasteiger partial charge in [-0.05, 0) is 29.8 Å². The Labute approximate surface area is 188 Å². The molecule has 0 atom stereocenters. The molecular formula is C26H20ClF3N2. The maximum atomic E-state index is 13.2. The van der Waals surface area contributed by atoms with Crippen LogP contribution in [0.1, 0.15) is 22.3 Å². The average molecular weight is 453 g/mol. The summed E-state index contributed by atoms with van der Waals surface area (Å²) in [5.74, 6) is 0. The van der Waals surface area contributed by atoms with Crippen LogP contribution in [0, 0.1) is 0 Å². The molecule has 0 amide bonds. The molecule has 32 heavy (non-hydrogen) atoms. The first-order valence-corrected chi connectivity index (χ1v) is 10.5. The molecule has 0 bridgehead atoms. The van der Waals surface area contributed by atoms with E-state index in [1.807, 2.05) is 84.2 Å². The average Bonchev–Trinajstić information content (AvgIpc) is 3.31. The molecule has 162 valence electrons. The number of para-hydroxylation sites is 2. The minimum Gasteiger partial charge on any atom is -0.350 e. The van der Waals surface area contributed by atoms with Crippen molar-refractivity contribution in [3.05, 3.63) is 107 Å². The molecule has 0 fully saturated rings. The number of benzene rings is 3. The number of aromatic nitrogens is 2. The van der Waals surface area contributed by atoms with Gasteiger partial charge in [-0.25, -0.2) is 0 Å². The third-order valence-corrected chi connectivity index (χ3v) is 6.77. The lowest BCUT2D eigenvalue weighted by Crippen LogP contribution is -2.22. The molecule has 0 saturated heterocycles. The van der Waals surface area contributed by atoms with Crippen molar-refractivity contribution in [1.29, 1.82) is 0 Å². The van der Waals surface area contributed by atoms with Crippen LogP contribution >= 0.6 is 11.6 Å². The highest BCUT2D eigenvalue weighted by Gasteiger charge is 2.40. The lowest BCUT2D eigenvalue weighted by molar-refractivity contribution is -0.137. The number of hydrogen-bond donors (Lipinski definition) is 0. The standard InChI is InChI=1S/C26H20ClF3N2/c1-31-15-21(19-7-3-5-9-23(19)31)25(27,17-11-13-18(14-12-17)26(28,29)30)22-16-32(2)24-10-6-4-8-20(22)24/h3-16H,1-2H3. The Balaban J connectivity index is 1.85. The summed E-state index contributed by atoms with van der Waals surface area (Å²) < 4.78 is 43.7. The van der Waals surface area contributed by atoms with Crippen LogP contribution in [0.2, 0.25) is 0 Å². The predicted molar refractivity (Wildman–Crippen MR) is 123 cm³/mol. The van der Waals surface area contributed by atoms with Crippen molar-refractivity contribution in [2.24, 2.45) is 14.1 Å². The normalized spacial score (nSPS) is 12.7. The van der Waals surface area contributed by atoms with E-state index in [1.54, 1.807) is 0 Å². The quantitative estimate of drug-likeness (QED) is 0.256. The van der Waals surface area contributed by atoms with E-state index in [0.29, 0.717) is 5.56 Å². The molecule has 5 aromatic rings. The van der Waals surface area contributed by atoms with E-state index in [1.165, 1.54) is 12.1 Å². The highest BCUT2D eigenvalue weighted by Crippen LogP contribution is 2.49. The van der Waals surface area contributed by atoms with E-state index in [0.717, 1.165) is 45.1 Å². The number of rotatable bonds is 3. The van der Waals surface area contributed by atoms with Gasteiger partial charge in [0, 0.05) is 59.4 Å². The van der Waals surface area contributed by atoms with Gasteiger partial charge >= 0.3 is 6.18 Å². The first kappa shape index (κ1) is 20.7. The molecule has 0 spiro atoms. The summed E-state index contributed by atoms with van der Waals surface area (Å²) in [6, 6.07) is 21.0. The van der Waals surface area contributed by atoms with E-state index in [2.05, 4.69) is 0 Å². The minimum absolute atomic E-state index is 0.583. The van der Waals surface area contributed by atoms with Gasteiger partial charge < -0.3 is 9.13 Å². The highest BCUT2D eigenvalue weighted by atomic mass is 35.5. The summed E-state index contributed by atoms with van der Waals surface area (Å²) >= 11 is 7.56. The van der Waals surface area contributed by atoms with Gasteiger partial charge in [0.2, 0.25) is 0 Å². The van der Waals surface area contributed by atoms with Gasteiger partial charge in [-0.15, -0.1) is 11.6 Å². The molecule has 3 aromatic carbocycles. The van der Waals surface area contributed by atoms with Crippen molar-refractivity contribution in [2.45, 2.75) is 11.1 Å². The van der Waals surface area contributed by atoms with Crippen molar-refractivity contribution in [2.75, 3.05) is 0 Å². The largest absolute Gasteiger partial charge is 0.416 e. The molecule has 5 rings (SSSR count). The zero-order valence-corrected chi connectivity index (χ0v) is 18.2. The number of aryl methyl sites for hydroxylation is 2. The fourth-order valence-electron chi connectivity index (χ4n) is 4.58. The fourth-order valence-corrected chi connectivity index (χ4v) is 5.00. The SMILES string of the molecule is Cn1cc(C(Cl)(c2ccc(C(F)(F)F)cc2)c2cn(C)c3ccccc23)c2ccccc21. The summed E-state index contributed by atoms with van der Waals surface area (Å²) in [6.07, 6.45) is -0.472. The van der Waals surface area contributed by atoms with Crippen LogP contribution in [-0.4, -0.2) is 9.13 Å². The van der Waals surface area contributed by atoms with Crippen LogP contribution in [-0.2, 0) is 25.1 Å². The van der Waals surface area contributed by atoms with Gasteiger partial charge in [-0.2, -0.15) is 13.2 Å². The van der Waals surface area contributed by atoms with Crippen molar-refractivity contribution in [3.63, 3.8) is 0 Å². The molecule has 0 radical (unpaired) electrons. The number of fused-ring (bicyclic) bond motifs is 2. The number of hydrogen-bond acceptors (Lipinski definition) is 0. The third-order valence-electron chi connectivity index (χ3n) is 6.15. The molecule has 0 aliphatic heterocycles. The number of halogens is 4. The summed E-state index contributed by atoms with van der Waals surface area (Å²) in [6.45, 7) is 0. The molecule has 0 saturated carbocycles. The van der Waals surface area contributed by atoms with Crippen LogP contribution in [0.3, 0.4) is 0 Å². The Bertz CT molecular complexity index is 1360. The van der Waals surface area contributed by atoms with E-state index < -0.39 is 16.6 Å². The van der Waals surface area contributed by atoms with Gasteiger partial charge in [-0.1, -0.05) is 48.5 Å². The highest BCUT2D eigenvalue weighted by molar-refractivity contribution is 6.30. The minimum atomic E-state index is -4.41. The van der Waals surface area contributed by atoms with Crippen LogP contribution in [0.5, 0.6) is 0 Å². The third kappa shape index (κ3) is 3.03. The van der Waals surface area contributed by atoms with E-state index in [4.69, 9.17) is 11.6 Å². The van der Waals surface area contributed by atoms with E-state index in [9.17, 15) is 13.2 Å². The maximum absolute atomic E-state index is 13.2. The lowest BCUT2D eigenvalue weighted by Gasteiger charge is -2.28. The second-order valence-corrected chi connectivity index (χ2v) is 8.64. The Morgan fingerprint density at radius 3 is 1.47 bits per heavy atom. The summed E-state index contributed by atoms with van der Waals surface area (Å²) in [5, 5.41) is 1.91. The van der Waals surface area contributed by atoms with Gasteiger partial charge in [0.15, 0.2) is 0 Å². The van der Waals surface area contributed by atoms with Gasteiger partial charge in [-0.3, -0.25) is 0 Å². The van der Waals surface area contributed by atoms with Crippen molar-refractivity contribution < 1.29 is 13.2 Å². The van der Waals surface area contributed by atoms with Crippen LogP contribution in [0.4, 0.5) is 13.2 Å².